The molecule has 2 aliphatic rings. The number of nitrogens with one attached hydrogen (secondary N) is 1. The van der Waals surface area contributed by atoms with Crippen LogP contribution in [0.25, 0.3) is 0 Å². The van der Waals surface area contributed by atoms with Gasteiger partial charge in [0, 0.05) is 24.7 Å². The van der Waals surface area contributed by atoms with Gasteiger partial charge in [0.2, 0.25) is 5.91 Å². The minimum Gasteiger partial charge on any atom is -0.368 e. The highest BCUT2D eigenvalue weighted by atomic mass is 16.1. The molecule has 4 heteroatoms. The van der Waals surface area contributed by atoms with E-state index in [9.17, 15) is 4.79 Å². The van der Waals surface area contributed by atoms with Gasteiger partial charge >= 0.3 is 0 Å². The first-order valence-corrected chi connectivity index (χ1v) is 8.67. The summed E-state index contributed by atoms with van der Waals surface area (Å²) < 4.78 is 0. The number of amides is 1. The molecule has 122 valence electrons. The molecule has 0 aromatic carbocycles. The molecular formula is C17H33N3O. The summed E-state index contributed by atoms with van der Waals surface area (Å²) in [7, 11) is 0. The third kappa shape index (κ3) is 4.19. The van der Waals surface area contributed by atoms with Gasteiger partial charge in [0.15, 0.2) is 0 Å². The first-order chi connectivity index (χ1) is 9.84. The first kappa shape index (κ1) is 16.8. The second kappa shape index (κ2) is 6.66. The zero-order valence-electron chi connectivity index (χ0n) is 14.2. The molecular weight excluding hydrogens is 262 g/mol. The fourth-order valence-electron chi connectivity index (χ4n) is 3.93. The van der Waals surface area contributed by atoms with Crippen LogP contribution in [0.1, 0.15) is 66.2 Å². The van der Waals surface area contributed by atoms with Gasteiger partial charge in [0.1, 0.15) is 0 Å². The minimum atomic E-state index is -0.499. The van der Waals surface area contributed by atoms with Crippen LogP contribution >= 0.6 is 0 Å². The Morgan fingerprint density at radius 3 is 2.38 bits per heavy atom. The second-order valence-electron chi connectivity index (χ2n) is 7.82. The lowest BCUT2D eigenvalue weighted by Gasteiger charge is -2.45. The van der Waals surface area contributed by atoms with E-state index in [1.165, 1.54) is 19.3 Å². The molecule has 0 spiro atoms. The lowest BCUT2D eigenvalue weighted by atomic mass is 9.77. The van der Waals surface area contributed by atoms with Crippen LogP contribution in [-0.2, 0) is 4.79 Å². The molecule has 2 aliphatic carbocycles. The predicted molar refractivity (Wildman–Crippen MR) is 87.0 cm³/mol. The zero-order valence-corrected chi connectivity index (χ0v) is 14.2. The van der Waals surface area contributed by atoms with Crippen molar-refractivity contribution in [2.45, 2.75) is 89.9 Å². The number of hydrogen-bond acceptors (Lipinski definition) is 3. The molecule has 21 heavy (non-hydrogen) atoms. The molecule has 0 saturated heterocycles. The normalized spacial score (nSPS) is 30.3. The van der Waals surface area contributed by atoms with Gasteiger partial charge in [0.05, 0.1) is 5.54 Å². The maximum Gasteiger partial charge on any atom is 0.237 e. The standard InChI is InChI=1S/C17H33N3O/c1-12(2)11-20(14-7-8-14)15-6-5-9-17(10-15,16(18)21)19-13(3)4/h12-15,19H,5-11H2,1-4H3,(H2,18,21). The van der Waals surface area contributed by atoms with E-state index in [0.29, 0.717) is 12.0 Å². The first-order valence-electron chi connectivity index (χ1n) is 8.67. The topological polar surface area (TPSA) is 58.4 Å². The Balaban J connectivity index is 2.11. The Morgan fingerprint density at radius 1 is 1.24 bits per heavy atom. The molecule has 0 aromatic heterocycles. The van der Waals surface area contributed by atoms with E-state index >= 15 is 0 Å². The summed E-state index contributed by atoms with van der Waals surface area (Å²) in [5, 5.41) is 3.49. The fraction of sp³-hybridized carbons (Fsp3) is 0.941. The largest absolute Gasteiger partial charge is 0.368 e. The van der Waals surface area contributed by atoms with Gasteiger partial charge in [-0.05, 0) is 58.3 Å². The van der Waals surface area contributed by atoms with E-state index in [2.05, 4.69) is 37.9 Å². The lowest BCUT2D eigenvalue weighted by molar-refractivity contribution is -0.127. The second-order valence-corrected chi connectivity index (χ2v) is 7.82. The maximum atomic E-state index is 12.1. The van der Waals surface area contributed by atoms with Crippen molar-refractivity contribution in [1.82, 2.24) is 10.2 Å². The van der Waals surface area contributed by atoms with Crippen LogP contribution in [0.3, 0.4) is 0 Å². The molecule has 0 bridgehead atoms. The zero-order chi connectivity index (χ0) is 15.6. The van der Waals surface area contributed by atoms with Crippen LogP contribution in [0.5, 0.6) is 0 Å². The van der Waals surface area contributed by atoms with E-state index in [0.717, 1.165) is 31.8 Å². The third-order valence-corrected chi connectivity index (χ3v) is 4.82. The number of hydrogen-bond donors (Lipinski definition) is 2. The SMILES string of the molecule is CC(C)CN(C1CC1)C1CCCC(NC(C)C)(C(N)=O)C1. The van der Waals surface area contributed by atoms with Crippen molar-refractivity contribution in [3.05, 3.63) is 0 Å². The summed E-state index contributed by atoms with van der Waals surface area (Å²) in [6.45, 7) is 9.91. The monoisotopic (exact) mass is 295 g/mol. The lowest BCUT2D eigenvalue weighted by Crippen LogP contribution is -2.62. The highest BCUT2D eigenvalue weighted by Crippen LogP contribution is 2.37. The van der Waals surface area contributed by atoms with Crippen LogP contribution in [-0.4, -0.2) is 41.0 Å². The van der Waals surface area contributed by atoms with Gasteiger partial charge in [-0.2, -0.15) is 0 Å². The Labute approximate surface area is 129 Å². The number of nitrogens with zero attached hydrogens (tertiary/aromatic N) is 1. The van der Waals surface area contributed by atoms with Crippen molar-refractivity contribution in [2.24, 2.45) is 11.7 Å². The number of nitrogens with two attached hydrogens (primary N) is 1. The van der Waals surface area contributed by atoms with Crippen LogP contribution in [0, 0.1) is 5.92 Å². The molecule has 3 N–H and O–H groups in total. The minimum absolute atomic E-state index is 0.166. The van der Waals surface area contributed by atoms with Crippen LogP contribution in [0.15, 0.2) is 0 Å². The van der Waals surface area contributed by atoms with Crippen molar-refractivity contribution in [1.29, 1.82) is 0 Å². The Morgan fingerprint density at radius 2 is 1.90 bits per heavy atom. The maximum absolute atomic E-state index is 12.1. The third-order valence-electron chi connectivity index (χ3n) is 4.82. The summed E-state index contributed by atoms with van der Waals surface area (Å²) >= 11 is 0. The van der Waals surface area contributed by atoms with Crippen molar-refractivity contribution in [3.63, 3.8) is 0 Å². The fourth-order valence-corrected chi connectivity index (χ4v) is 3.93. The van der Waals surface area contributed by atoms with Gasteiger partial charge in [-0.15, -0.1) is 0 Å². The average Bonchev–Trinajstić information content (AvgIpc) is 3.19. The molecule has 0 heterocycles. The molecule has 2 fully saturated rings. The van der Waals surface area contributed by atoms with Gasteiger partial charge in [0.25, 0.3) is 0 Å². The molecule has 1 amide bonds. The number of carbonyl (C=O) groups is 1. The Hall–Kier alpha value is -0.610. The summed E-state index contributed by atoms with van der Waals surface area (Å²) in [5.74, 6) is 0.509. The highest BCUT2D eigenvalue weighted by molar-refractivity contribution is 5.85. The van der Waals surface area contributed by atoms with E-state index in [1.807, 2.05) is 0 Å². The van der Waals surface area contributed by atoms with E-state index in [-0.39, 0.29) is 11.9 Å². The quantitative estimate of drug-likeness (QED) is 0.757. The smallest absolute Gasteiger partial charge is 0.237 e. The molecule has 2 unspecified atom stereocenters. The van der Waals surface area contributed by atoms with E-state index in [4.69, 9.17) is 5.73 Å². The molecule has 4 nitrogen and oxygen atoms in total. The molecule has 0 aromatic rings. The van der Waals surface area contributed by atoms with Gasteiger partial charge in [-0.1, -0.05) is 13.8 Å². The summed E-state index contributed by atoms with van der Waals surface area (Å²) in [6, 6.07) is 1.54. The predicted octanol–water partition coefficient (Wildman–Crippen LogP) is 2.27. The van der Waals surface area contributed by atoms with Crippen molar-refractivity contribution < 1.29 is 4.79 Å². The molecule has 2 atom stereocenters. The van der Waals surface area contributed by atoms with Crippen LogP contribution in [0.4, 0.5) is 0 Å². The number of carbonyl (C=O) groups excluding carboxylic acids is 1. The molecule has 2 rings (SSSR count). The van der Waals surface area contributed by atoms with Crippen LogP contribution in [0.2, 0.25) is 0 Å². The highest BCUT2D eigenvalue weighted by Gasteiger charge is 2.45. The van der Waals surface area contributed by atoms with Crippen LogP contribution < -0.4 is 11.1 Å². The van der Waals surface area contributed by atoms with Gasteiger partial charge < -0.3 is 11.1 Å². The van der Waals surface area contributed by atoms with Crippen molar-refractivity contribution in [3.8, 4) is 0 Å². The number of rotatable bonds is 7. The Kier molecular flexibility index (Phi) is 5.31. The van der Waals surface area contributed by atoms with Crippen molar-refractivity contribution >= 4 is 5.91 Å². The average molecular weight is 295 g/mol. The van der Waals surface area contributed by atoms with Gasteiger partial charge in [-0.3, -0.25) is 9.69 Å². The summed E-state index contributed by atoms with van der Waals surface area (Å²) in [5.41, 5.74) is 5.29. The molecule has 0 aliphatic heterocycles. The Bertz CT molecular complexity index is 365. The number of primary amides is 1. The van der Waals surface area contributed by atoms with Gasteiger partial charge in [-0.25, -0.2) is 0 Å². The van der Waals surface area contributed by atoms with E-state index in [1.54, 1.807) is 0 Å². The summed E-state index contributed by atoms with van der Waals surface area (Å²) in [4.78, 5) is 14.8. The molecule has 2 saturated carbocycles. The summed E-state index contributed by atoms with van der Waals surface area (Å²) in [6.07, 6.45) is 6.71. The van der Waals surface area contributed by atoms with Crippen molar-refractivity contribution in [2.75, 3.05) is 6.54 Å². The molecule has 0 radical (unpaired) electrons. The van der Waals surface area contributed by atoms with E-state index < -0.39 is 5.54 Å².